The van der Waals surface area contributed by atoms with Crippen LogP contribution in [0.2, 0.25) is 0 Å². The van der Waals surface area contributed by atoms with Crippen molar-refractivity contribution >= 4 is 33.6 Å². The third-order valence-corrected chi connectivity index (χ3v) is 8.07. The molecule has 1 heterocycles. The summed E-state index contributed by atoms with van der Waals surface area (Å²) < 4.78 is 28.0. The van der Waals surface area contributed by atoms with E-state index >= 15 is 0 Å². The Balaban J connectivity index is 1.82. The highest BCUT2D eigenvalue weighted by atomic mass is 32.2. The Morgan fingerprint density at radius 3 is 2.15 bits per heavy atom. The fraction of sp³-hybridized carbons (Fsp3) is 0.321. The predicted octanol–water partition coefficient (Wildman–Crippen LogP) is 4.81. The van der Waals surface area contributed by atoms with Crippen LogP contribution in [0.4, 0.5) is 5.69 Å². The number of azide groups is 1. The molecule has 0 aliphatic carbocycles. The summed E-state index contributed by atoms with van der Waals surface area (Å²) in [6, 6.07) is 15.5. The molecule has 0 unspecified atom stereocenters. The fourth-order valence-electron chi connectivity index (χ4n) is 4.12. The van der Waals surface area contributed by atoms with Gasteiger partial charge in [-0.1, -0.05) is 41.5 Å². The van der Waals surface area contributed by atoms with Crippen LogP contribution < -0.4 is 0 Å². The van der Waals surface area contributed by atoms with E-state index in [4.69, 9.17) is 17.4 Å². The molecule has 0 spiro atoms. The molecule has 11 heteroatoms. The minimum Gasteiger partial charge on any atom is -0.306 e. The molecule has 0 amide bonds. The quantitative estimate of drug-likeness (QED) is 0.100. The van der Waals surface area contributed by atoms with Gasteiger partial charge in [0.15, 0.2) is 11.5 Å². The Bertz CT molecular complexity index is 1400. The van der Waals surface area contributed by atoms with Crippen molar-refractivity contribution in [2.75, 3.05) is 45.5 Å². The maximum atomic E-state index is 13.4. The number of carbonyl (C=O) groups is 1. The number of Topliss-reactive ketones (excluding diaryl/α,β-unsaturated/α-hetero) is 1. The number of hydrogen-bond donors (Lipinski definition) is 0. The third kappa shape index (κ3) is 8.64. The number of nitrogens with zero attached hydrogens (tertiary/aromatic N) is 7. The zero-order chi connectivity index (χ0) is 28.3. The van der Waals surface area contributed by atoms with Gasteiger partial charge in [-0.2, -0.15) is 9.57 Å². The van der Waals surface area contributed by atoms with Crippen molar-refractivity contribution in [3.8, 4) is 6.07 Å². The molecule has 1 fully saturated rings. The maximum Gasteiger partial charge on any atom is 0.214 e. The Kier molecular flexibility index (Phi) is 10.6. The van der Waals surface area contributed by atoms with E-state index in [1.165, 1.54) is 4.31 Å². The van der Waals surface area contributed by atoms with Crippen LogP contribution in [0.3, 0.4) is 0 Å². The highest BCUT2D eigenvalue weighted by molar-refractivity contribution is 7.89. The molecule has 1 aliphatic heterocycles. The van der Waals surface area contributed by atoms with Crippen molar-refractivity contribution in [2.24, 2.45) is 5.11 Å². The van der Waals surface area contributed by atoms with E-state index < -0.39 is 10.0 Å². The first kappa shape index (κ1) is 29.3. The molecule has 1 aliphatic rings. The SMILES string of the molecule is [C-]#[N+]c1ccc(/C=C2\CN(S(=O)(=O)CCCN(C)CCCN=[N+]=[N-])C/C(=C\c3ccc(C#N)cc3)C2=O)cc1. The third-order valence-electron chi connectivity index (χ3n) is 6.22. The lowest BCUT2D eigenvalue weighted by molar-refractivity contribution is -0.113. The second-order valence-corrected chi connectivity index (χ2v) is 11.2. The molecule has 0 bridgehead atoms. The molecule has 1 saturated heterocycles. The highest BCUT2D eigenvalue weighted by Gasteiger charge is 2.33. The summed E-state index contributed by atoms with van der Waals surface area (Å²) in [5, 5.41) is 12.6. The van der Waals surface area contributed by atoms with E-state index in [1.54, 1.807) is 60.7 Å². The number of ketones is 1. The molecule has 200 valence electrons. The predicted molar refractivity (Wildman–Crippen MR) is 151 cm³/mol. The van der Waals surface area contributed by atoms with Crippen molar-refractivity contribution in [2.45, 2.75) is 12.8 Å². The van der Waals surface area contributed by atoms with Crippen molar-refractivity contribution in [1.29, 1.82) is 5.26 Å². The van der Waals surface area contributed by atoms with Crippen LogP contribution >= 0.6 is 0 Å². The van der Waals surface area contributed by atoms with Crippen molar-refractivity contribution in [1.82, 2.24) is 9.21 Å². The Morgan fingerprint density at radius 2 is 1.62 bits per heavy atom. The molecule has 0 atom stereocenters. The number of sulfonamides is 1. The van der Waals surface area contributed by atoms with Gasteiger partial charge in [-0.05, 0) is 73.9 Å². The van der Waals surface area contributed by atoms with Gasteiger partial charge in [-0.25, -0.2) is 13.3 Å². The first-order chi connectivity index (χ1) is 18.7. The van der Waals surface area contributed by atoms with E-state index in [0.717, 1.165) is 0 Å². The number of rotatable bonds is 11. The second kappa shape index (κ2) is 14.1. The second-order valence-electron chi connectivity index (χ2n) is 9.15. The molecular weight excluding hydrogens is 514 g/mol. The topological polar surface area (TPSA) is 135 Å². The highest BCUT2D eigenvalue weighted by Crippen LogP contribution is 2.25. The number of nitriles is 1. The van der Waals surface area contributed by atoms with Crippen LogP contribution in [0, 0.1) is 17.9 Å². The zero-order valence-corrected chi connectivity index (χ0v) is 22.5. The summed E-state index contributed by atoms with van der Waals surface area (Å²) in [5.74, 6) is -0.307. The van der Waals surface area contributed by atoms with Crippen LogP contribution in [0.15, 0.2) is 64.8 Å². The Hall–Kier alpha value is -4.25. The molecule has 10 nitrogen and oxygen atoms in total. The summed E-state index contributed by atoms with van der Waals surface area (Å²) in [5.41, 5.74) is 11.4. The molecule has 0 radical (unpaired) electrons. The van der Waals surface area contributed by atoms with Gasteiger partial charge in [-0.15, -0.1) is 0 Å². The number of carbonyl (C=O) groups excluding carboxylic acids is 1. The molecule has 0 saturated carbocycles. The first-order valence-corrected chi connectivity index (χ1v) is 14.0. The van der Waals surface area contributed by atoms with Crippen molar-refractivity contribution in [3.05, 3.63) is 98.2 Å². The van der Waals surface area contributed by atoms with Gasteiger partial charge in [0.25, 0.3) is 0 Å². The van der Waals surface area contributed by atoms with Crippen molar-refractivity contribution in [3.63, 3.8) is 0 Å². The van der Waals surface area contributed by atoms with Gasteiger partial charge in [-0.3, -0.25) is 4.79 Å². The normalized spacial score (nSPS) is 16.2. The minimum atomic E-state index is -3.68. The van der Waals surface area contributed by atoms with Crippen LogP contribution in [-0.4, -0.2) is 68.9 Å². The Labute approximate surface area is 229 Å². The van der Waals surface area contributed by atoms with Gasteiger partial charge < -0.3 is 4.90 Å². The summed E-state index contributed by atoms with van der Waals surface area (Å²) in [6.45, 7) is 8.68. The average Bonchev–Trinajstić information content (AvgIpc) is 2.94. The van der Waals surface area contributed by atoms with Crippen LogP contribution in [0.25, 0.3) is 27.4 Å². The number of piperidine rings is 1. The number of hydrogen-bond acceptors (Lipinski definition) is 6. The number of benzene rings is 2. The lowest BCUT2D eigenvalue weighted by Crippen LogP contribution is -2.43. The standard InChI is InChI=1S/C28H29N7O3S/c1-31-27-11-9-23(10-12-27)18-26-21-35(39(37,38)16-4-15-34(2)14-3-13-32-33-30)20-25(28(26)36)17-22-5-7-24(19-29)8-6-22/h5-12,17-18H,3-4,13-16,20-21H2,2H3/b25-17+,26-18+. The zero-order valence-electron chi connectivity index (χ0n) is 21.7. The van der Waals surface area contributed by atoms with Crippen LogP contribution in [0.1, 0.15) is 29.5 Å². The maximum absolute atomic E-state index is 13.4. The molecule has 3 rings (SSSR count). The summed E-state index contributed by atoms with van der Waals surface area (Å²) >= 11 is 0. The van der Waals surface area contributed by atoms with Crippen LogP contribution in [-0.2, 0) is 14.8 Å². The average molecular weight is 544 g/mol. The van der Waals surface area contributed by atoms with Crippen LogP contribution in [0.5, 0.6) is 0 Å². The summed E-state index contributed by atoms with van der Waals surface area (Å²) in [4.78, 5) is 21.5. The molecule has 0 aromatic heterocycles. The van der Waals surface area contributed by atoms with E-state index in [2.05, 4.69) is 20.9 Å². The largest absolute Gasteiger partial charge is 0.306 e. The molecule has 2 aromatic carbocycles. The molecule has 2 aromatic rings. The fourth-order valence-corrected chi connectivity index (χ4v) is 5.54. The lowest BCUT2D eigenvalue weighted by Gasteiger charge is -2.29. The van der Waals surface area contributed by atoms with E-state index in [9.17, 15) is 13.2 Å². The van der Waals surface area contributed by atoms with Gasteiger partial charge in [0, 0.05) is 35.7 Å². The van der Waals surface area contributed by atoms with Gasteiger partial charge >= 0.3 is 0 Å². The van der Waals surface area contributed by atoms with Gasteiger partial charge in [0.05, 0.1) is 24.0 Å². The smallest absolute Gasteiger partial charge is 0.214 e. The minimum absolute atomic E-state index is 0.0432. The monoisotopic (exact) mass is 543 g/mol. The summed E-state index contributed by atoms with van der Waals surface area (Å²) in [7, 11) is -1.79. The van der Waals surface area contributed by atoms with Gasteiger partial charge in [0.2, 0.25) is 10.0 Å². The van der Waals surface area contributed by atoms with Gasteiger partial charge in [0.1, 0.15) is 0 Å². The Morgan fingerprint density at radius 1 is 1.05 bits per heavy atom. The summed E-state index contributed by atoms with van der Waals surface area (Å²) in [6.07, 6.45) is 4.44. The lowest BCUT2D eigenvalue weighted by atomic mass is 9.95. The first-order valence-electron chi connectivity index (χ1n) is 12.4. The molecular formula is C28H29N7O3S. The van der Waals surface area contributed by atoms with E-state index in [0.29, 0.717) is 66.0 Å². The van der Waals surface area contributed by atoms with E-state index in [1.807, 2.05) is 11.9 Å². The molecule has 39 heavy (non-hydrogen) atoms. The molecule has 0 N–H and O–H groups in total. The van der Waals surface area contributed by atoms with E-state index in [-0.39, 0.29) is 24.6 Å². The van der Waals surface area contributed by atoms with Crippen molar-refractivity contribution < 1.29 is 13.2 Å².